The summed E-state index contributed by atoms with van der Waals surface area (Å²) in [6.07, 6.45) is 1.75. The fourth-order valence-corrected chi connectivity index (χ4v) is 2.40. The van der Waals surface area contributed by atoms with Gasteiger partial charge in [0.1, 0.15) is 0 Å². The van der Waals surface area contributed by atoms with Crippen molar-refractivity contribution < 1.29 is 13.7 Å². The predicted molar refractivity (Wildman–Crippen MR) is 74.1 cm³/mol. The smallest absolute Gasteiger partial charge is 0.226 e. The molecule has 1 amide bonds. The number of nitrogens with one attached hydrogen (secondary N) is 1. The zero-order valence-corrected chi connectivity index (χ0v) is 11.4. The summed E-state index contributed by atoms with van der Waals surface area (Å²) in [6, 6.07) is 9.20. The zero-order valence-electron chi connectivity index (χ0n) is 10.5. The van der Waals surface area contributed by atoms with Crippen LogP contribution in [-0.2, 0) is 17.8 Å². The maximum atomic E-state index is 11.8. The molecule has 0 radical (unpaired) electrons. The molecule has 0 saturated carbocycles. The third-order valence-electron chi connectivity index (χ3n) is 2.70. The molecule has 0 aromatic carbocycles. The molecule has 0 spiro atoms. The first-order valence-electron chi connectivity index (χ1n) is 6.10. The van der Waals surface area contributed by atoms with E-state index in [-0.39, 0.29) is 12.3 Å². The molecular weight excluding hydrogens is 276 g/mol. The van der Waals surface area contributed by atoms with E-state index in [1.54, 1.807) is 35.8 Å². The molecule has 0 aliphatic heterocycles. The van der Waals surface area contributed by atoms with Crippen LogP contribution in [0.2, 0.25) is 0 Å². The van der Waals surface area contributed by atoms with Gasteiger partial charge in [-0.3, -0.25) is 4.79 Å². The van der Waals surface area contributed by atoms with Gasteiger partial charge in [-0.2, -0.15) is 0 Å². The Labute approximate surface area is 119 Å². The maximum absolute atomic E-state index is 11.8. The lowest BCUT2D eigenvalue weighted by molar-refractivity contribution is -0.120. The molecule has 3 aromatic heterocycles. The van der Waals surface area contributed by atoms with Crippen LogP contribution < -0.4 is 5.32 Å². The van der Waals surface area contributed by atoms with Crippen LogP contribution in [0.25, 0.3) is 11.5 Å². The van der Waals surface area contributed by atoms with Crippen LogP contribution in [0.4, 0.5) is 0 Å². The number of carbonyl (C=O) groups is 1. The highest BCUT2D eigenvalue weighted by Gasteiger charge is 2.12. The van der Waals surface area contributed by atoms with Crippen molar-refractivity contribution in [1.29, 1.82) is 0 Å². The average Bonchev–Trinajstić information content (AvgIpc) is 3.18. The highest BCUT2D eigenvalue weighted by atomic mass is 32.1. The molecule has 0 aliphatic carbocycles. The standard InChI is InChI=1S/C14H12N2O3S/c17-14(15-9-11-3-2-6-20-11)8-10-7-13(19-16-10)12-4-1-5-18-12/h1-7H,8-9H2,(H,15,17). The molecule has 0 aliphatic rings. The predicted octanol–water partition coefficient (Wildman–Crippen LogP) is 2.86. The summed E-state index contributed by atoms with van der Waals surface area (Å²) in [5.74, 6) is 1.04. The van der Waals surface area contributed by atoms with Gasteiger partial charge in [-0.15, -0.1) is 11.3 Å². The lowest BCUT2D eigenvalue weighted by atomic mass is 10.2. The van der Waals surface area contributed by atoms with E-state index in [1.807, 2.05) is 17.5 Å². The molecule has 0 unspecified atom stereocenters. The fourth-order valence-electron chi connectivity index (χ4n) is 1.76. The minimum atomic E-state index is -0.0855. The van der Waals surface area contributed by atoms with E-state index >= 15 is 0 Å². The minimum Gasteiger partial charge on any atom is -0.461 e. The molecule has 3 heterocycles. The Hall–Kier alpha value is -2.34. The van der Waals surface area contributed by atoms with Crippen molar-refractivity contribution in [3.8, 4) is 11.5 Å². The van der Waals surface area contributed by atoms with Crippen molar-refractivity contribution in [3.63, 3.8) is 0 Å². The van der Waals surface area contributed by atoms with Gasteiger partial charge in [0, 0.05) is 10.9 Å². The average molecular weight is 288 g/mol. The van der Waals surface area contributed by atoms with E-state index < -0.39 is 0 Å². The lowest BCUT2D eigenvalue weighted by Crippen LogP contribution is -2.24. The second-order valence-corrected chi connectivity index (χ2v) is 5.22. The van der Waals surface area contributed by atoms with E-state index in [0.29, 0.717) is 23.8 Å². The van der Waals surface area contributed by atoms with Crippen LogP contribution in [0, 0.1) is 0 Å². The van der Waals surface area contributed by atoms with Crippen LogP contribution >= 0.6 is 11.3 Å². The number of furan rings is 1. The Morgan fingerprint density at radius 2 is 2.25 bits per heavy atom. The number of hydrogen-bond donors (Lipinski definition) is 1. The Morgan fingerprint density at radius 1 is 1.30 bits per heavy atom. The topological polar surface area (TPSA) is 68.3 Å². The monoisotopic (exact) mass is 288 g/mol. The Bertz CT molecular complexity index is 671. The molecule has 5 nitrogen and oxygen atoms in total. The van der Waals surface area contributed by atoms with Crippen LogP contribution in [0.3, 0.4) is 0 Å². The van der Waals surface area contributed by atoms with Gasteiger partial charge in [0.25, 0.3) is 0 Å². The Balaban J connectivity index is 1.56. The van der Waals surface area contributed by atoms with E-state index in [1.165, 1.54) is 0 Å². The van der Waals surface area contributed by atoms with Crippen molar-refractivity contribution in [2.45, 2.75) is 13.0 Å². The lowest BCUT2D eigenvalue weighted by Gasteiger charge is -2.00. The Kier molecular flexibility index (Phi) is 3.64. The van der Waals surface area contributed by atoms with Crippen molar-refractivity contribution in [2.75, 3.05) is 0 Å². The van der Waals surface area contributed by atoms with E-state index in [9.17, 15) is 4.79 Å². The number of carbonyl (C=O) groups excluding carboxylic acids is 1. The summed E-state index contributed by atoms with van der Waals surface area (Å²) in [7, 11) is 0. The second kappa shape index (κ2) is 5.75. The number of aromatic nitrogens is 1. The molecule has 0 atom stereocenters. The molecule has 0 bridgehead atoms. The second-order valence-electron chi connectivity index (χ2n) is 4.19. The van der Waals surface area contributed by atoms with Gasteiger partial charge in [0.05, 0.1) is 24.9 Å². The summed E-state index contributed by atoms with van der Waals surface area (Å²) in [4.78, 5) is 12.9. The van der Waals surface area contributed by atoms with Crippen molar-refractivity contribution in [3.05, 3.63) is 52.5 Å². The molecule has 3 rings (SSSR count). The first kappa shape index (κ1) is 12.7. The van der Waals surface area contributed by atoms with Crippen LogP contribution in [-0.4, -0.2) is 11.1 Å². The number of amides is 1. The molecule has 1 N–H and O–H groups in total. The van der Waals surface area contributed by atoms with E-state index in [2.05, 4.69) is 10.5 Å². The molecule has 6 heteroatoms. The highest BCUT2D eigenvalue weighted by molar-refractivity contribution is 7.09. The zero-order chi connectivity index (χ0) is 13.8. The van der Waals surface area contributed by atoms with Crippen LogP contribution in [0.5, 0.6) is 0 Å². The largest absolute Gasteiger partial charge is 0.461 e. The maximum Gasteiger partial charge on any atom is 0.226 e. The normalized spacial score (nSPS) is 10.6. The molecule has 0 saturated heterocycles. The Morgan fingerprint density at radius 3 is 3.00 bits per heavy atom. The molecule has 0 fully saturated rings. The SMILES string of the molecule is O=C(Cc1cc(-c2ccco2)on1)NCc1cccs1. The van der Waals surface area contributed by atoms with Crippen LogP contribution in [0.15, 0.2) is 50.9 Å². The minimum absolute atomic E-state index is 0.0855. The van der Waals surface area contributed by atoms with Crippen LogP contribution in [0.1, 0.15) is 10.6 Å². The van der Waals surface area contributed by atoms with Gasteiger partial charge >= 0.3 is 0 Å². The number of thiophene rings is 1. The number of hydrogen-bond acceptors (Lipinski definition) is 5. The number of nitrogens with zero attached hydrogens (tertiary/aromatic N) is 1. The summed E-state index contributed by atoms with van der Waals surface area (Å²) in [5.41, 5.74) is 0.583. The summed E-state index contributed by atoms with van der Waals surface area (Å²) < 4.78 is 10.3. The van der Waals surface area contributed by atoms with Gasteiger partial charge in [-0.05, 0) is 23.6 Å². The van der Waals surface area contributed by atoms with E-state index in [4.69, 9.17) is 8.94 Å². The van der Waals surface area contributed by atoms with Crippen molar-refractivity contribution in [2.24, 2.45) is 0 Å². The van der Waals surface area contributed by atoms with Gasteiger partial charge in [-0.25, -0.2) is 0 Å². The molecular formula is C14H12N2O3S. The first-order valence-corrected chi connectivity index (χ1v) is 6.98. The van der Waals surface area contributed by atoms with Gasteiger partial charge in [0.2, 0.25) is 11.7 Å². The van der Waals surface area contributed by atoms with Gasteiger partial charge < -0.3 is 14.3 Å². The molecule has 102 valence electrons. The van der Waals surface area contributed by atoms with Gasteiger partial charge in [0.15, 0.2) is 5.76 Å². The molecule has 3 aromatic rings. The van der Waals surface area contributed by atoms with E-state index in [0.717, 1.165) is 4.88 Å². The third kappa shape index (κ3) is 2.97. The van der Waals surface area contributed by atoms with Crippen molar-refractivity contribution in [1.82, 2.24) is 10.5 Å². The van der Waals surface area contributed by atoms with Crippen molar-refractivity contribution >= 4 is 17.2 Å². The summed E-state index contributed by atoms with van der Waals surface area (Å²) in [5, 5.41) is 8.69. The molecule has 20 heavy (non-hydrogen) atoms. The van der Waals surface area contributed by atoms with Gasteiger partial charge in [-0.1, -0.05) is 11.2 Å². The summed E-state index contributed by atoms with van der Waals surface area (Å²) >= 11 is 1.61. The first-order chi connectivity index (χ1) is 9.81. The summed E-state index contributed by atoms with van der Waals surface area (Å²) in [6.45, 7) is 0.541. The number of rotatable bonds is 5. The quantitative estimate of drug-likeness (QED) is 0.784. The third-order valence-corrected chi connectivity index (χ3v) is 3.58. The fraction of sp³-hybridized carbons (Fsp3) is 0.143. The highest BCUT2D eigenvalue weighted by Crippen LogP contribution is 2.20.